The molecule has 0 fully saturated rings. The van der Waals surface area contributed by atoms with E-state index >= 15 is 0 Å². The molecule has 0 bridgehead atoms. The van der Waals surface area contributed by atoms with Crippen molar-refractivity contribution in [1.29, 1.82) is 0 Å². The van der Waals surface area contributed by atoms with Crippen LogP contribution in [0.4, 0.5) is 10.9 Å². The van der Waals surface area contributed by atoms with Gasteiger partial charge in [-0.1, -0.05) is 6.07 Å². The minimum atomic E-state index is -0.308. The van der Waals surface area contributed by atoms with Crippen molar-refractivity contribution >= 4 is 28.2 Å². The van der Waals surface area contributed by atoms with Crippen molar-refractivity contribution in [2.45, 2.75) is 45.6 Å². The first-order valence-electron chi connectivity index (χ1n) is 11.1. The highest BCUT2D eigenvalue weighted by Crippen LogP contribution is 2.44. The van der Waals surface area contributed by atoms with Crippen LogP contribution in [0.1, 0.15) is 62.5 Å². The number of rotatable bonds is 6. The van der Waals surface area contributed by atoms with Crippen molar-refractivity contribution in [1.82, 2.24) is 15.0 Å². The summed E-state index contributed by atoms with van der Waals surface area (Å²) in [5, 5.41) is 7.45. The number of furan rings is 1. The molecule has 1 aliphatic carbocycles. The number of thiophene rings is 1. The van der Waals surface area contributed by atoms with E-state index in [1.807, 2.05) is 38.1 Å². The molecule has 1 aliphatic rings. The fourth-order valence-electron chi connectivity index (χ4n) is 4.32. The van der Waals surface area contributed by atoms with Gasteiger partial charge >= 0.3 is 0 Å². The minimum absolute atomic E-state index is 0.262. The normalized spacial score (nSPS) is 13.9. The van der Waals surface area contributed by atoms with E-state index in [0.717, 1.165) is 53.3 Å². The maximum Gasteiger partial charge on any atom is 0.291 e. The Morgan fingerprint density at radius 1 is 1.09 bits per heavy atom. The Bertz CT molecular complexity index is 1250. The molecule has 5 rings (SSSR count). The second kappa shape index (κ2) is 9.15. The second-order valence-electron chi connectivity index (χ2n) is 8.19. The Morgan fingerprint density at radius 2 is 1.91 bits per heavy atom. The van der Waals surface area contributed by atoms with Crippen LogP contribution in [0.5, 0.6) is 0 Å². The Morgan fingerprint density at radius 3 is 2.64 bits per heavy atom. The average Bonchev–Trinajstić information content (AvgIpc) is 3.46. The number of pyridine rings is 1. The summed E-state index contributed by atoms with van der Waals surface area (Å²) >= 11 is 1.65. The summed E-state index contributed by atoms with van der Waals surface area (Å²) in [5.74, 6) is 0.566. The van der Waals surface area contributed by atoms with Gasteiger partial charge in [-0.15, -0.1) is 11.3 Å². The first-order chi connectivity index (χ1) is 16.1. The number of nitrogens with zero attached hydrogens (tertiary/aromatic N) is 3. The predicted octanol–water partition coefficient (Wildman–Crippen LogP) is 5.48. The lowest BCUT2D eigenvalue weighted by molar-refractivity contribution is 0.0997. The van der Waals surface area contributed by atoms with Gasteiger partial charge in [0.1, 0.15) is 5.00 Å². The van der Waals surface area contributed by atoms with Gasteiger partial charge in [0.15, 0.2) is 5.76 Å². The number of amides is 1. The van der Waals surface area contributed by atoms with E-state index in [1.54, 1.807) is 29.7 Å². The van der Waals surface area contributed by atoms with Gasteiger partial charge < -0.3 is 15.1 Å². The molecule has 0 unspecified atom stereocenters. The highest BCUT2D eigenvalue weighted by molar-refractivity contribution is 7.16. The third-order valence-electron chi connectivity index (χ3n) is 5.71. The predicted molar refractivity (Wildman–Crippen MR) is 129 cm³/mol. The summed E-state index contributed by atoms with van der Waals surface area (Å²) in [7, 11) is 0. The Hall–Kier alpha value is -3.52. The number of fused-ring (bicyclic) bond motifs is 1. The van der Waals surface area contributed by atoms with Crippen LogP contribution in [0.15, 0.2) is 53.3 Å². The molecule has 7 nitrogen and oxygen atoms in total. The number of hydrogen-bond donors (Lipinski definition) is 2. The maximum atomic E-state index is 12.9. The van der Waals surface area contributed by atoms with Gasteiger partial charge in [-0.2, -0.15) is 0 Å². The fraction of sp³-hybridized carbons (Fsp3) is 0.280. The van der Waals surface area contributed by atoms with Crippen molar-refractivity contribution in [3.8, 4) is 0 Å². The summed E-state index contributed by atoms with van der Waals surface area (Å²) < 4.78 is 5.32. The zero-order chi connectivity index (χ0) is 22.8. The highest BCUT2D eigenvalue weighted by atomic mass is 32.1. The monoisotopic (exact) mass is 459 g/mol. The van der Waals surface area contributed by atoms with Crippen molar-refractivity contribution in [2.75, 3.05) is 10.6 Å². The van der Waals surface area contributed by atoms with E-state index in [1.165, 1.54) is 16.7 Å². The maximum absolute atomic E-state index is 12.9. The van der Waals surface area contributed by atoms with Crippen molar-refractivity contribution in [2.24, 2.45) is 0 Å². The number of aryl methyl sites for hydroxylation is 3. The van der Waals surface area contributed by atoms with E-state index in [4.69, 9.17) is 4.42 Å². The van der Waals surface area contributed by atoms with Gasteiger partial charge in [0.05, 0.1) is 18.0 Å². The summed E-state index contributed by atoms with van der Waals surface area (Å²) in [6.07, 6.45) is 7.55. The topological polar surface area (TPSA) is 92.9 Å². The summed E-state index contributed by atoms with van der Waals surface area (Å²) in [5.41, 5.74) is 4.96. The molecule has 2 N–H and O–H groups in total. The molecule has 0 radical (unpaired) electrons. The minimum Gasteiger partial charge on any atom is -0.459 e. The quantitative estimate of drug-likeness (QED) is 0.397. The lowest BCUT2D eigenvalue weighted by Gasteiger charge is -2.23. The highest BCUT2D eigenvalue weighted by Gasteiger charge is 2.30. The number of carbonyl (C=O) groups excluding carboxylic acids is 1. The smallest absolute Gasteiger partial charge is 0.291 e. The van der Waals surface area contributed by atoms with Crippen molar-refractivity contribution < 1.29 is 9.21 Å². The third-order valence-corrected chi connectivity index (χ3v) is 6.94. The Labute approximate surface area is 196 Å². The number of aromatic nitrogens is 3. The molecule has 4 heterocycles. The van der Waals surface area contributed by atoms with Crippen LogP contribution < -0.4 is 10.6 Å². The van der Waals surface area contributed by atoms with Gasteiger partial charge in [0, 0.05) is 28.0 Å². The van der Waals surface area contributed by atoms with Gasteiger partial charge in [-0.3, -0.25) is 9.78 Å². The number of nitrogens with one attached hydrogen (secondary N) is 2. The van der Waals surface area contributed by atoms with Crippen LogP contribution in [0, 0.1) is 13.8 Å². The zero-order valence-electron chi connectivity index (χ0n) is 18.6. The van der Waals surface area contributed by atoms with Crippen molar-refractivity contribution in [3.05, 3.63) is 87.7 Å². The zero-order valence-corrected chi connectivity index (χ0v) is 19.4. The largest absolute Gasteiger partial charge is 0.459 e. The molecule has 4 aromatic heterocycles. The van der Waals surface area contributed by atoms with Crippen LogP contribution in [0.25, 0.3) is 0 Å². The summed E-state index contributed by atoms with van der Waals surface area (Å²) in [6, 6.07) is 10.9. The van der Waals surface area contributed by atoms with E-state index < -0.39 is 0 Å². The lowest BCUT2D eigenvalue weighted by Crippen LogP contribution is -2.20. The van der Waals surface area contributed by atoms with Gasteiger partial charge in [-0.25, -0.2) is 9.97 Å². The van der Waals surface area contributed by atoms with Crippen molar-refractivity contribution in [3.63, 3.8) is 0 Å². The molecule has 8 heteroatoms. The number of carbonyl (C=O) groups is 1. The molecular formula is C25H25N5O2S. The van der Waals surface area contributed by atoms with E-state index in [2.05, 4.69) is 25.6 Å². The van der Waals surface area contributed by atoms with Crippen LogP contribution in [0.3, 0.4) is 0 Å². The van der Waals surface area contributed by atoms with Crippen LogP contribution in [0.2, 0.25) is 0 Å². The number of anilines is 2. The average molecular weight is 460 g/mol. The number of hydrogen-bond acceptors (Lipinski definition) is 7. The first kappa shape index (κ1) is 21.3. The molecule has 33 heavy (non-hydrogen) atoms. The molecule has 1 atom stereocenters. The van der Waals surface area contributed by atoms with E-state index in [9.17, 15) is 4.79 Å². The van der Waals surface area contributed by atoms with E-state index in [-0.39, 0.29) is 17.7 Å². The molecule has 4 aromatic rings. The lowest BCUT2D eigenvalue weighted by atomic mass is 9.91. The third kappa shape index (κ3) is 4.52. The van der Waals surface area contributed by atoms with Gasteiger partial charge in [0.2, 0.25) is 5.95 Å². The second-order valence-corrected chi connectivity index (χ2v) is 9.30. The van der Waals surface area contributed by atoms with Gasteiger partial charge in [0.25, 0.3) is 5.91 Å². The molecule has 168 valence electrons. The molecule has 0 saturated heterocycles. The molecule has 0 spiro atoms. The van der Waals surface area contributed by atoms with Crippen LogP contribution >= 0.6 is 11.3 Å². The van der Waals surface area contributed by atoms with Crippen LogP contribution in [-0.2, 0) is 12.8 Å². The standard InChI is InChI=1S/C25H25N5O2S/c1-15-14-16(2)28-25(27-15)29-22(18-9-5-6-12-26-18)21-17-8-3-4-11-20(17)33-24(21)30-23(31)19-10-7-13-32-19/h5-7,9-10,12-14,22H,3-4,8,11H2,1-2H3,(H,30,31)(H,27,28,29)/t22-/m1/s1. The molecule has 0 aliphatic heterocycles. The molecular weight excluding hydrogens is 434 g/mol. The molecule has 0 saturated carbocycles. The molecule has 1 amide bonds. The molecule has 0 aromatic carbocycles. The summed E-state index contributed by atoms with van der Waals surface area (Å²) in [4.78, 5) is 28.1. The fourth-order valence-corrected chi connectivity index (χ4v) is 5.64. The summed E-state index contributed by atoms with van der Waals surface area (Å²) in [6.45, 7) is 3.91. The SMILES string of the molecule is Cc1cc(C)nc(N[C@H](c2ccccn2)c2c(NC(=O)c3ccco3)sc3c2CCCC3)n1. The Balaban J connectivity index is 1.61. The van der Waals surface area contributed by atoms with Crippen LogP contribution in [-0.4, -0.2) is 20.9 Å². The van der Waals surface area contributed by atoms with E-state index in [0.29, 0.717) is 5.95 Å². The Kier molecular flexibility index (Phi) is 5.92. The first-order valence-corrected chi connectivity index (χ1v) is 11.9. The van der Waals surface area contributed by atoms with Gasteiger partial charge in [-0.05, 0) is 75.4 Å².